The smallest absolute Gasteiger partial charge is 0.160 e. The number of benzene rings is 4. The maximum Gasteiger partial charge on any atom is 0.160 e. The number of ether oxygens (including phenoxy) is 4. The Hall–Kier alpha value is -4.88. The van der Waals surface area contributed by atoms with Gasteiger partial charge in [0.2, 0.25) is 0 Å². The van der Waals surface area contributed by atoms with Crippen molar-refractivity contribution in [3.63, 3.8) is 0 Å². The lowest BCUT2D eigenvalue weighted by atomic mass is 9.80. The van der Waals surface area contributed by atoms with E-state index in [1.807, 2.05) is 24.3 Å². The molecule has 4 aromatic rings. The van der Waals surface area contributed by atoms with Crippen molar-refractivity contribution >= 4 is 0 Å². The lowest BCUT2D eigenvalue weighted by molar-refractivity contribution is 0.158. The van der Waals surface area contributed by atoms with Gasteiger partial charge in [0.1, 0.15) is 0 Å². The van der Waals surface area contributed by atoms with Crippen molar-refractivity contribution in [3.8, 4) is 46.0 Å². The van der Waals surface area contributed by atoms with Crippen molar-refractivity contribution in [2.24, 2.45) is 23.7 Å². The predicted molar refractivity (Wildman–Crippen MR) is 214 cm³/mol. The SMILES string of the molecule is COc1cc(C[C@@H](CO)[C@H](CCCO)Cc2ccc(O)c(OC)c2)ccc1O.COc1cc(C[C@H](CO)[C@@H](CCCO)Cc2ccc(O)c(OC)c2)ccc1O. The Morgan fingerprint density at radius 1 is 0.393 bits per heavy atom. The number of rotatable bonds is 22. The minimum Gasteiger partial charge on any atom is -0.504 e. The third-order valence-corrected chi connectivity index (χ3v) is 10.2. The Bertz CT molecular complexity index is 1620. The molecule has 0 saturated heterocycles. The van der Waals surface area contributed by atoms with Crippen LogP contribution in [0.15, 0.2) is 72.8 Å². The van der Waals surface area contributed by atoms with Gasteiger partial charge in [-0.3, -0.25) is 0 Å². The van der Waals surface area contributed by atoms with Gasteiger partial charge >= 0.3 is 0 Å². The van der Waals surface area contributed by atoms with Crippen molar-refractivity contribution < 1.29 is 59.8 Å². The lowest BCUT2D eigenvalue weighted by Gasteiger charge is -2.26. The standard InChI is InChI=1S/2C22H30O6/c2*1-27-21-12-15(5-7-19(21)25)10-17(4-3-9-23)18(14-24)11-16-6-8-20(26)22(13-16)28-2/h2*5-8,12-13,17-18,23-26H,3-4,9-11,14H2,1-2H3/t2*17-,18+/m10/s1. The molecule has 0 aliphatic carbocycles. The largest absolute Gasteiger partial charge is 0.504 e. The molecule has 4 aromatic carbocycles. The number of phenolic OH excluding ortho intramolecular Hbond substituents is 4. The topological polar surface area (TPSA) is 199 Å². The molecule has 0 aromatic heterocycles. The summed E-state index contributed by atoms with van der Waals surface area (Å²) in [4.78, 5) is 0. The predicted octanol–water partition coefficient (Wildman–Crippen LogP) is 5.79. The summed E-state index contributed by atoms with van der Waals surface area (Å²) in [5.74, 6) is 2.21. The molecule has 0 heterocycles. The average Bonchev–Trinajstić information content (AvgIpc) is 3.21. The van der Waals surface area contributed by atoms with Gasteiger partial charge in [0, 0.05) is 26.4 Å². The van der Waals surface area contributed by atoms with Crippen LogP contribution in [0.1, 0.15) is 47.9 Å². The molecule has 0 aliphatic heterocycles. The van der Waals surface area contributed by atoms with E-state index in [4.69, 9.17) is 18.9 Å². The van der Waals surface area contributed by atoms with E-state index >= 15 is 0 Å². The Balaban J connectivity index is 0.000000300. The number of aliphatic hydroxyl groups is 4. The highest BCUT2D eigenvalue weighted by Gasteiger charge is 2.24. The average molecular weight is 781 g/mol. The maximum atomic E-state index is 10.1. The highest BCUT2D eigenvalue weighted by molar-refractivity contribution is 5.44. The van der Waals surface area contributed by atoms with Crippen LogP contribution in [-0.2, 0) is 25.7 Å². The molecule has 0 unspecified atom stereocenters. The van der Waals surface area contributed by atoms with Crippen molar-refractivity contribution in [2.75, 3.05) is 54.9 Å². The van der Waals surface area contributed by atoms with E-state index < -0.39 is 0 Å². The van der Waals surface area contributed by atoms with E-state index in [0.717, 1.165) is 35.1 Å². The number of hydrogen-bond acceptors (Lipinski definition) is 12. The maximum absolute atomic E-state index is 10.1. The fraction of sp³-hybridized carbons (Fsp3) is 0.455. The summed E-state index contributed by atoms with van der Waals surface area (Å²) >= 11 is 0. The van der Waals surface area contributed by atoms with Gasteiger partial charge in [-0.15, -0.1) is 0 Å². The van der Waals surface area contributed by atoms with E-state index in [-0.39, 0.29) is 73.1 Å². The van der Waals surface area contributed by atoms with Crippen molar-refractivity contribution in [1.82, 2.24) is 0 Å². The Morgan fingerprint density at radius 3 is 0.857 bits per heavy atom. The van der Waals surface area contributed by atoms with E-state index in [1.54, 1.807) is 48.5 Å². The van der Waals surface area contributed by atoms with Crippen molar-refractivity contribution in [1.29, 1.82) is 0 Å². The van der Waals surface area contributed by atoms with Crippen LogP contribution in [-0.4, -0.2) is 95.7 Å². The number of aliphatic hydroxyl groups excluding tert-OH is 4. The summed E-state index contributed by atoms with van der Waals surface area (Å²) in [7, 11) is 6.03. The second-order valence-corrected chi connectivity index (χ2v) is 14.0. The van der Waals surface area contributed by atoms with E-state index in [0.29, 0.717) is 61.5 Å². The first-order valence-corrected chi connectivity index (χ1v) is 18.9. The molecular formula is C44H60O12. The summed E-state index contributed by atoms with van der Waals surface area (Å²) < 4.78 is 20.7. The van der Waals surface area contributed by atoms with Gasteiger partial charge in [0.25, 0.3) is 0 Å². The van der Waals surface area contributed by atoms with Crippen molar-refractivity contribution in [2.45, 2.75) is 51.4 Å². The first-order valence-electron chi connectivity index (χ1n) is 18.9. The minimum atomic E-state index is -0.0272. The second kappa shape index (κ2) is 23.9. The summed E-state index contributed by atoms with van der Waals surface area (Å²) in [6, 6.07) is 20.9. The Morgan fingerprint density at radius 2 is 0.643 bits per heavy atom. The molecule has 8 N–H and O–H groups in total. The third kappa shape index (κ3) is 13.7. The quantitative estimate of drug-likeness (QED) is 0.0478. The Labute approximate surface area is 330 Å². The van der Waals surface area contributed by atoms with Gasteiger partial charge in [0.15, 0.2) is 46.0 Å². The number of hydrogen-bond donors (Lipinski definition) is 8. The lowest BCUT2D eigenvalue weighted by Crippen LogP contribution is -2.23. The zero-order valence-corrected chi connectivity index (χ0v) is 32.9. The third-order valence-electron chi connectivity index (χ3n) is 10.2. The van der Waals surface area contributed by atoms with Crippen LogP contribution in [0.2, 0.25) is 0 Å². The van der Waals surface area contributed by atoms with Crippen LogP contribution < -0.4 is 18.9 Å². The zero-order valence-electron chi connectivity index (χ0n) is 32.9. The molecule has 4 rings (SSSR count). The molecule has 308 valence electrons. The van der Waals surface area contributed by atoms with Crippen LogP contribution in [0.25, 0.3) is 0 Å². The molecule has 0 fully saturated rings. The van der Waals surface area contributed by atoms with Gasteiger partial charge in [-0.25, -0.2) is 0 Å². The molecule has 4 atom stereocenters. The molecule has 0 spiro atoms. The minimum absolute atomic E-state index is 0.00844. The zero-order chi connectivity index (χ0) is 41.0. The van der Waals surface area contributed by atoms with Gasteiger partial charge in [-0.05, 0) is 146 Å². The Kier molecular flexibility index (Phi) is 19.4. The normalized spacial score (nSPS) is 13.1. The van der Waals surface area contributed by atoms with Gasteiger partial charge in [-0.2, -0.15) is 0 Å². The summed E-state index contributed by atoms with van der Waals surface area (Å²) in [5.41, 5.74) is 3.93. The number of aromatic hydroxyl groups is 4. The van der Waals surface area contributed by atoms with Gasteiger partial charge < -0.3 is 59.8 Å². The number of phenols is 4. The second-order valence-electron chi connectivity index (χ2n) is 14.0. The van der Waals surface area contributed by atoms with E-state index in [1.165, 1.54) is 28.4 Å². The van der Waals surface area contributed by atoms with Crippen LogP contribution >= 0.6 is 0 Å². The summed E-state index contributed by atoms with van der Waals surface area (Å²) in [6.07, 6.45) is 5.45. The van der Waals surface area contributed by atoms with Gasteiger partial charge in [-0.1, -0.05) is 24.3 Å². The first kappa shape index (κ1) is 45.5. The molecule has 0 saturated carbocycles. The van der Waals surface area contributed by atoms with Crippen LogP contribution in [0, 0.1) is 23.7 Å². The fourth-order valence-electron chi connectivity index (χ4n) is 7.08. The van der Waals surface area contributed by atoms with E-state index in [2.05, 4.69) is 0 Å². The molecule has 12 nitrogen and oxygen atoms in total. The molecule has 12 heteroatoms. The molecule has 0 radical (unpaired) electrons. The molecule has 0 aliphatic rings. The molecule has 0 bridgehead atoms. The fourth-order valence-corrected chi connectivity index (χ4v) is 7.08. The molecule has 0 amide bonds. The first-order chi connectivity index (χ1) is 27.0. The van der Waals surface area contributed by atoms with Crippen LogP contribution in [0.3, 0.4) is 0 Å². The van der Waals surface area contributed by atoms with Crippen molar-refractivity contribution in [3.05, 3.63) is 95.1 Å². The number of methoxy groups -OCH3 is 4. The van der Waals surface area contributed by atoms with Crippen LogP contribution in [0.4, 0.5) is 0 Å². The van der Waals surface area contributed by atoms with Crippen LogP contribution in [0.5, 0.6) is 46.0 Å². The van der Waals surface area contributed by atoms with Gasteiger partial charge in [0.05, 0.1) is 28.4 Å². The monoisotopic (exact) mass is 780 g/mol. The van der Waals surface area contributed by atoms with E-state index in [9.17, 15) is 40.9 Å². The summed E-state index contributed by atoms with van der Waals surface area (Å²) in [5, 5.41) is 77.8. The highest BCUT2D eigenvalue weighted by Crippen LogP contribution is 2.35. The summed E-state index contributed by atoms with van der Waals surface area (Å²) in [6.45, 7) is 0.212. The molecule has 56 heavy (non-hydrogen) atoms. The molecular weight excluding hydrogens is 720 g/mol. The highest BCUT2D eigenvalue weighted by atomic mass is 16.5.